The van der Waals surface area contributed by atoms with Crippen LogP contribution in [0.3, 0.4) is 0 Å². The molecular weight excluding hydrogens is 325 g/mol. The summed E-state index contributed by atoms with van der Waals surface area (Å²) >= 11 is 2.14. The molecule has 0 aromatic heterocycles. The van der Waals surface area contributed by atoms with Crippen molar-refractivity contribution < 1.29 is 14.4 Å². The highest BCUT2D eigenvalue weighted by Crippen LogP contribution is 2.29. The van der Waals surface area contributed by atoms with Crippen molar-refractivity contribution in [2.24, 2.45) is 0 Å². The lowest BCUT2D eigenvalue weighted by molar-refractivity contribution is -0.384. The minimum atomic E-state index is -0.838. The van der Waals surface area contributed by atoms with Crippen molar-refractivity contribution >= 4 is 28.3 Å². The highest BCUT2D eigenvalue weighted by Gasteiger charge is 2.31. The monoisotopic (exact) mass is 337 g/mol. The van der Waals surface area contributed by atoms with Crippen molar-refractivity contribution in [2.75, 3.05) is 18.6 Å². The van der Waals surface area contributed by atoms with E-state index in [9.17, 15) is 10.1 Å². The Labute approximate surface area is 107 Å². The first-order valence-corrected chi connectivity index (χ1v) is 6.03. The number of nitro benzene ring substituents is 1. The van der Waals surface area contributed by atoms with Gasteiger partial charge in [0.25, 0.3) is 5.69 Å². The quantitative estimate of drug-likeness (QED) is 0.272. The third-order valence-electron chi connectivity index (χ3n) is 2.35. The molecule has 1 aromatic carbocycles. The molecule has 0 N–H and O–H groups in total. The number of ether oxygens (including phenoxy) is 2. The van der Waals surface area contributed by atoms with Gasteiger partial charge in [0.2, 0.25) is 5.79 Å². The third kappa shape index (κ3) is 2.50. The number of benzene rings is 1. The largest absolute Gasteiger partial charge is 0.349 e. The van der Waals surface area contributed by atoms with Gasteiger partial charge in [0.1, 0.15) is 0 Å². The van der Waals surface area contributed by atoms with E-state index in [1.807, 2.05) is 0 Å². The summed E-state index contributed by atoms with van der Waals surface area (Å²) in [4.78, 5) is 10.1. The summed E-state index contributed by atoms with van der Waals surface area (Å²) in [6.07, 6.45) is 0. The van der Waals surface area contributed by atoms with Gasteiger partial charge in [-0.3, -0.25) is 10.1 Å². The van der Waals surface area contributed by atoms with Gasteiger partial charge in [-0.2, -0.15) is 0 Å². The van der Waals surface area contributed by atoms with Crippen LogP contribution in [0.15, 0.2) is 24.3 Å². The maximum absolute atomic E-state index is 10.5. The van der Waals surface area contributed by atoms with Crippen LogP contribution in [0.25, 0.3) is 0 Å². The Hall–Kier alpha value is -0.730. The molecule has 0 aliphatic carbocycles. The van der Waals surface area contributed by atoms with E-state index in [1.54, 1.807) is 26.4 Å². The summed E-state index contributed by atoms with van der Waals surface area (Å²) in [6, 6.07) is 6.16. The number of rotatable bonds is 5. The Balaban J connectivity index is 3.08. The van der Waals surface area contributed by atoms with E-state index in [1.165, 1.54) is 12.1 Å². The lowest BCUT2D eigenvalue weighted by Gasteiger charge is -2.29. The zero-order valence-electron chi connectivity index (χ0n) is 8.97. The van der Waals surface area contributed by atoms with Gasteiger partial charge in [0.05, 0.1) is 9.35 Å². The smallest absolute Gasteiger partial charge is 0.269 e. The van der Waals surface area contributed by atoms with E-state index < -0.39 is 10.7 Å². The maximum atomic E-state index is 10.5. The Morgan fingerprint density at radius 2 is 1.81 bits per heavy atom. The standard InChI is InChI=1S/C10H12INO4/c1-15-10(7-11,16-2)8-3-5-9(6-4-8)12(13)14/h3-6H,7H2,1-2H3. The first kappa shape index (κ1) is 13.3. The summed E-state index contributed by atoms with van der Waals surface area (Å²) in [5.74, 6) is -0.838. The fourth-order valence-corrected chi connectivity index (χ4v) is 2.41. The topological polar surface area (TPSA) is 61.6 Å². The second kappa shape index (κ2) is 5.55. The summed E-state index contributed by atoms with van der Waals surface area (Å²) < 4.78 is 11.2. The van der Waals surface area contributed by atoms with Crippen molar-refractivity contribution in [3.63, 3.8) is 0 Å². The van der Waals surface area contributed by atoms with Gasteiger partial charge in [-0.25, -0.2) is 0 Å². The first-order valence-electron chi connectivity index (χ1n) is 4.51. The molecule has 6 heteroatoms. The molecule has 0 aliphatic rings. The molecule has 0 spiro atoms. The fraction of sp³-hybridized carbons (Fsp3) is 0.400. The van der Waals surface area contributed by atoms with E-state index in [2.05, 4.69) is 22.6 Å². The molecule has 0 radical (unpaired) electrons. The molecule has 5 nitrogen and oxygen atoms in total. The molecule has 0 aliphatic heterocycles. The number of alkyl halides is 1. The van der Waals surface area contributed by atoms with Crippen LogP contribution in [0.1, 0.15) is 5.56 Å². The Morgan fingerprint density at radius 1 is 1.31 bits per heavy atom. The predicted octanol–water partition coefficient (Wildman–Crippen LogP) is 2.48. The number of methoxy groups -OCH3 is 2. The number of nitro groups is 1. The molecule has 0 fully saturated rings. The maximum Gasteiger partial charge on any atom is 0.269 e. The van der Waals surface area contributed by atoms with Crippen LogP contribution in [0, 0.1) is 10.1 Å². The molecule has 0 bridgehead atoms. The van der Waals surface area contributed by atoms with Crippen LogP contribution in [0.4, 0.5) is 5.69 Å². The van der Waals surface area contributed by atoms with Crippen molar-refractivity contribution in [1.29, 1.82) is 0 Å². The zero-order valence-corrected chi connectivity index (χ0v) is 11.1. The van der Waals surface area contributed by atoms with Crippen LogP contribution in [0.2, 0.25) is 0 Å². The second-order valence-electron chi connectivity index (χ2n) is 3.10. The Kier molecular flexibility index (Phi) is 4.63. The fourth-order valence-electron chi connectivity index (χ4n) is 1.34. The predicted molar refractivity (Wildman–Crippen MR) is 67.7 cm³/mol. The Morgan fingerprint density at radius 3 is 2.12 bits per heavy atom. The van der Waals surface area contributed by atoms with Crippen LogP contribution < -0.4 is 0 Å². The average Bonchev–Trinajstić information content (AvgIpc) is 2.33. The van der Waals surface area contributed by atoms with Crippen LogP contribution in [-0.4, -0.2) is 23.6 Å². The molecule has 1 aromatic rings. The number of non-ortho nitro benzene ring substituents is 1. The van der Waals surface area contributed by atoms with Crippen molar-refractivity contribution in [3.8, 4) is 0 Å². The van der Waals surface area contributed by atoms with Crippen molar-refractivity contribution in [1.82, 2.24) is 0 Å². The number of nitrogens with zero attached hydrogens (tertiary/aromatic N) is 1. The van der Waals surface area contributed by atoms with E-state index in [4.69, 9.17) is 9.47 Å². The molecular formula is C10H12INO4. The number of hydrogen-bond acceptors (Lipinski definition) is 4. The number of hydrogen-bond donors (Lipinski definition) is 0. The van der Waals surface area contributed by atoms with Gasteiger partial charge in [-0.15, -0.1) is 0 Å². The van der Waals surface area contributed by atoms with Gasteiger partial charge >= 0.3 is 0 Å². The summed E-state index contributed by atoms with van der Waals surface area (Å²) in [5, 5.41) is 10.5. The molecule has 1 rings (SSSR count). The molecule has 0 saturated heterocycles. The molecule has 0 saturated carbocycles. The van der Waals surface area contributed by atoms with Gasteiger partial charge in [0.15, 0.2) is 0 Å². The minimum absolute atomic E-state index is 0.0540. The zero-order chi connectivity index (χ0) is 12.2. The molecule has 0 heterocycles. The summed E-state index contributed by atoms with van der Waals surface area (Å²) in [5.41, 5.74) is 0.816. The highest BCUT2D eigenvalue weighted by atomic mass is 127. The van der Waals surface area contributed by atoms with Crippen molar-refractivity contribution in [3.05, 3.63) is 39.9 Å². The van der Waals surface area contributed by atoms with E-state index in [0.717, 1.165) is 5.56 Å². The second-order valence-corrected chi connectivity index (χ2v) is 3.86. The average molecular weight is 337 g/mol. The van der Waals surface area contributed by atoms with Gasteiger partial charge in [-0.05, 0) is 12.1 Å². The van der Waals surface area contributed by atoms with E-state index in [-0.39, 0.29) is 5.69 Å². The van der Waals surface area contributed by atoms with Crippen LogP contribution in [-0.2, 0) is 15.3 Å². The van der Waals surface area contributed by atoms with Gasteiger partial charge in [-0.1, -0.05) is 22.6 Å². The number of halogens is 1. The molecule has 0 amide bonds. The first-order chi connectivity index (χ1) is 7.59. The van der Waals surface area contributed by atoms with Gasteiger partial charge < -0.3 is 9.47 Å². The minimum Gasteiger partial charge on any atom is -0.349 e. The highest BCUT2D eigenvalue weighted by molar-refractivity contribution is 14.1. The summed E-state index contributed by atoms with van der Waals surface area (Å²) in [6.45, 7) is 0. The van der Waals surface area contributed by atoms with E-state index >= 15 is 0 Å². The van der Waals surface area contributed by atoms with Crippen LogP contribution >= 0.6 is 22.6 Å². The third-order valence-corrected chi connectivity index (χ3v) is 3.36. The van der Waals surface area contributed by atoms with Crippen molar-refractivity contribution in [2.45, 2.75) is 5.79 Å². The molecule has 0 atom stereocenters. The van der Waals surface area contributed by atoms with Gasteiger partial charge in [0, 0.05) is 31.9 Å². The Bertz CT molecular complexity index is 353. The SMILES string of the molecule is COC(CI)(OC)c1ccc([N+](=O)[O-])cc1. The molecule has 0 unspecified atom stereocenters. The summed E-state index contributed by atoms with van der Waals surface area (Å²) in [7, 11) is 3.09. The normalized spacial score (nSPS) is 11.4. The lowest BCUT2D eigenvalue weighted by atomic mass is 10.1. The molecule has 88 valence electrons. The van der Waals surface area contributed by atoms with Crippen LogP contribution in [0.5, 0.6) is 0 Å². The lowest BCUT2D eigenvalue weighted by Crippen LogP contribution is -2.32. The van der Waals surface area contributed by atoms with E-state index in [0.29, 0.717) is 4.43 Å². The molecule has 16 heavy (non-hydrogen) atoms.